The predicted molar refractivity (Wildman–Crippen MR) is 50.2 cm³/mol. The summed E-state index contributed by atoms with van der Waals surface area (Å²) >= 11 is 0. The Morgan fingerprint density at radius 3 is 2.47 bits per heavy atom. The van der Waals surface area contributed by atoms with Gasteiger partial charge >= 0.3 is 5.97 Å². The molecule has 0 aliphatic carbocycles. The molecule has 6 nitrogen and oxygen atoms in total. The molecule has 3 N–H and O–H groups in total. The number of pyridine rings is 1. The minimum atomic E-state index is -1.29. The molecule has 0 saturated heterocycles. The summed E-state index contributed by atoms with van der Waals surface area (Å²) in [5.41, 5.74) is 0.296. The molecule has 1 amide bonds. The van der Waals surface area contributed by atoms with Crippen LogP contribution in [0, 0.1) is 0 Å². The highest BCUT2D eigenvalue weighted by Gasteiger charge is 2.19. The summed E-state index contributed by atoms with van der Waals surface area (Å²) in [6.45, 7) is -0.647. The molecule has 0 spiro atoms. The Morgan fingerprint density at radius 2 is 2.00 bits per heavy atom. The molecular formula is C9H10N2O4. The molecule has 1 rings (SSSR count). The van der Waals surface area contributed by atoms with E-state index in [1.807, 2.05) is 0 Å². The van der Waals surface area contributed by atoms with Crippen molar-refractivity contribution in [1.29, 1.82) is 0 Å². The normalized spacial score (nSPS) is 11.8. The zero-order valence-electron chi connectivity index (χ0n) is 7.75. The number of aromatic nitrogens is 1. The molecule has 0 aliphatic rings. The van der Waals surface area contributed by atoms with Gasteiger partial charge in [-0.15, -0.1) is 0 Å². The van der Waals surface area contributed by atoms with Crippen LogP contribution in [0.25, 0.3) is 0 Å². The van der Waals surface area contributed by atoms with E-state index < -0.39 is 24.5 Å². The minimum absolute atomic E-state index is 0.296. The number of carboxylic acid groups (broad SMARTS) is 1. The predicted octanol–water partition coefficient (Wildman–Crippen LogP) is -0.743. The molecule has 1 heterocycles. The van der Waals surface area contributed by atoms with Crippen LogP contribution in [0.5, 0.6) is 0 Å². The van der Waals surface area contributed by atoms with Crippen LogP contribution in [0.4, 0.5) is 0 Å². The Kier molecular flexibility index (Phi) is 3.75. The summed E-state index contributed by atoms with van der Waals surface area (Å²) in [5, 5.41) is 19.4. The third kappa shape index (κ3) is 3.03. The van der Waals surface area contributed by atoms with Crippen LogP contribution in [-0.4, -0.2) is 39.7 Å². The zero-order valence-corrected chi connectivity index (χ0v) is 7.75. The van der Waals surface area contributed by atoms with E-state index in [0.29, 0.717) is 5.56 Å². The fourth-order valence-corrected chi connectivity index (χ4v) is 0.930. The van der Waals surface area contributed by atoms with Crippen LogP contribution in [0.1, 0.15) is 10.4 Å². The number of carboxylic acids is 1. The van der Waals surface area contributed by atoms with Crippen molar-refractivity contribution in [2.24, 2.45) is 0 Å². The quantitative estimate of drug-likeness (QED) is 0.607. The molecular weight excluding hydrogens is 200 g/mol. The molecule has 80 valence electrons. The van der Waals surface area contributed by atoms with Gasteiger partial charge in [0.05, 0.1) is 6.61 Å². The van der Waals surface area contributed by atoms with E-state index in [0.717, 1.165) is 0 Å². The lowest BCUT2D eigenvalue weighted by Gasteiger charge is -2.11. The number of carbonyl (C=O) groups excluding carboxylic acids is 1. The van der Waals surface area contributed by atoms with Crippen molar-refractivity contribution in [3.8, 4) is 0 Å². The second kappa shape index (κ2) is 5.06. The number of amides is 1. The van der Waals surface area contributed by atoms with Crippen molar-refractivity contribution in [3.05, 3.63) is 30.1 Å². The van der Waals surface area contributed by atoms with Crippen LogP contribution in [-0.2, 0) is 4.79 Å². The molecule has 0 radical (unpaired) electrons. The van der Waals surface area contributed by atoms with Gasteiger partial charge in [-0.25, -0.2) is 4.79 Å². The first-order chi connectivity index (χ1) is 7.15. The molecule has 1 aromatic rings. The maximum atomic E-state index is 11.4. The van der Waals surface area contributed by atoms with Crippen LogP contribution in [0.3, 0.4) is 0 Å². The number of carbonyl (C=O) groups is 2. The first-order valence-electron chi connectivity index (χ1n) is 4.19. The minimum Gasteiger partial charge on any atom is -0.480 e. The van der Waals surface area contributed by atoms with E-state index in [2.05, 4.69) is 10.3 Å². The average Bonchev–Trinajstić information content (AvgIpc) is 2.26. The van der Waals surface area contributed by atoms with Crippen molar-refractivity contribution < 1.29 is 19.8 Å². The average molecular weight is 210 g/mol. The van der Waals surface area contributed by atoms with Crippen LogP contribution in [0.15, 0.2) is 24.5 Å². The van der Waals surface area contributed by atoms with Crippen molar-refractivity contribution in [1.82, 2.24) is 10.3 Å². The molecule has 1 atom stereocenters. The molecule has 1 unspecified atom stereocenters. The van der Waals surface area contributed by atoms with E-state index in [1.54, 1.807) is 0 Å². The molecule has 1 aromatic heterocycles. The van der Waals surface area contributed by atoms with Crippen LogP contribution in [0.2, 0.25) is 0 Å². The van der Waals surface area contributed by atoms with Crippen molar-refractivity contribution in [2.45, 2.75) is 6.04 Å². The van der Waals surface area contributed by atoms with Crippen LogP contribution >= 0.6 is 0 Å². The summed E-state index contributed by atoms with van der Waals surface area (Å²) in [6.07, 6.45) is 2.84. The number of nitrogens with zero attached hydrogens (tertiary/aromatic N) is 1. The lowest BCUT2D eigenvalue weighted by Crippen LogP contribution is -2.43. The monoisotopic (exact) mass is 210 g/mol. The number of aliphatic hydroxyl groups is 1. The highest BCUT2D eigenvalue weighted by Crippen LogP contribution is 1.96. The highest BCUT2D eigenvalue weighted by atomic mass is 16.4. The van der Waals surface area contributed by atoms with Gasteiger partial charge in [-0.2, -0.15) is 0 Å². The first kappa shape index (κ1) is 11.1. The van der Waals surface area contributed by atoms with Crippen molar-refractivity contribution in [3.63, 3.8) is 0 Å². The third-order valence-corrected chi connectivity index (χ3v) is 1.73. The Hall–Kier alpha value is -1.95. The molecule has 0 aliphatic heterocycles. The number of aliphatic hydroxyl groups excluding tert-OH is 1. The first-order valence-corrected chi connectivity index (χ1v) is 4.19. The van der Waals surface area contributed by atoms with Gasteiger partial charge in [0.15, 0.2) is 6.04 Å². The van der Waals surface area contributed by atoms with E-state index in [1.165, 1.54) is 24.5 Å². The lowest BCUT2D eigenvalue weighted by atomic mass is 10.2. The van der Waals surface area contributed by atoms with E-state index in [9.17, 15) is 9.59 Å². The number of nitrogens with one attached hydrogen (secondary N) is 1. The Balaban J connectivity index is 2.67. The summed E-state index contributed by atoms with van der Waals surface area (Å²) < 4.78 is 0. The van der Waals surface area contributed by atoms with E-state index >= 15 is 0 Å². The summed E-state index contributed by atoms with van der Waals surface area (Å²) in [7, 11) is 0. The third-order valence-electron chi connectivity index (χ3n) is 1.73. The largest absolute Gasteiger partial charge is 0.480 e. The number of rotatable bonds is 4. The molecule has 6 heteroatoms. The molecule has 15 heavy (non-hydrogen) atoms. The maximum Gasteiger partial charge on any atom is 0.328 e. The molecule has 0 bridgehead atoms. The van der Waals surface area contributed by atoms with Gasteiger partial charge in [-0.1, -0.05) is 0 Å². The number of aliphatic carboxylic acids is 1. The second-order valence-electron chi connectivity index (χ2n) is 2.78. The zero-order chi connectivity index (χ0) is 11.3. The highest BCUT2D eigenvalue weighted by molar-refractivity contribution is 5.96. The molecule has 0 aromatic carbocycles. The van der Waals surface area contributed by atoms with Gasteiger partial charge in [0, 0.05) is 18.0 Å². The molecule has 0 saturated carbocycles. The van der Waals surface area contributed by atoms with Gasteiger partial charge in [-0.05, 0) is 12.1 Å². The second-order valence-corrected chi connectivity index (χ2v) is 2.78. The number of hydrogen-bond acceptors (Lipinski definition) is 4. The van der Waals surface area contributed by atoms with Gasteiger partial charge in [0.1, 0.15) is 0 Å². The SMILES string of the molecule is O=C(NC(CO)C(=O)O)c1ccncc1. The summed E-state index contributed by atoms with van der Waals surface area (Å²) in [5.74, 6) is -1.83. The topological polar surface area (TPSA) is 99.5 Å². The fraction of sp³-hybridized carbons (Fsp3) is 0.222. The lowest BCUT2D eigenvalue weighted by molar-refractivity contribution is -0.140. The van der Waals surface area contributed by atoms with Gasteiger partial charge in [-0.3, -0.25) is 9.78 Å². The van der Waals surface area contributed by atoms with E-state index in [-0.39, 0.29) is 0 Å². The van der Waals surface area contributed by atoms with Crippen LogP contribution < -0.4 is 5.32 Å². The number of hydrogen-bond donors (Lipinski definition) is 3. The maximum absolute atomic E-state index is 11.4. The summed E-state index contributed by atoms with van der Waals surface area (Å²) in [4.78, 5) is 25.6. The smallest absolute Gasteiger partial charge is 0.328 e. The van der Waals surface area contributed by atoms with E-state index in [4.69, 9.17) is 10.2 Å². The Labute approximate surface area is 85.6 Å². The van der Waals surface area contributed by atoms with Crippen molar-refractivity contribution >= 4 is 11.9 Å². The Morgan fingerprint density at radius 1 is 1.40 bits per heavy atom. The standard InChI is InChI=1S/C9H10N2O4/c12-5-7(9(14)15)11-8(13)6-1-3-10-4-2-6/h1-4,7,12H,5H2,(H,11,13)(H,14,15). The van der Waals surface area contributed by atoms with Gasteiger partial charge in [0.2, 0.25) is 0 Å². The Bertz CT molecular complexity index is 352. The van der Waals surface area contributed by atoms with Gasteiger partial charge in [0.25, 0.3) is 5.91 Å². The molecule has 0 fully saturated rings. The fourth-order valence-electron chi connectivity index (χ4n) is 0.930. The van der Waals surface area contributed by atoms with Crippen molar-refractivity contribution in [2.75, 3.05) is 6.61 Å². The summed E-state index contributed by atoms with van der Waals surface area (Å²) in [6, 6.07) is 1.61. The van der Waals surface area contributed by atoms with Gasteiger partial charge < -0.3 is 15.5 Å².